The molecule has 5 heteroatoms. The second-order valence-electron chi connectivity index (χ2n) is 4.05. The number of amides is 1. The first-order chi connectivity index (χ1) is 6.31. The minimum Gasteiger partial charge on any atom is -0.444 e. The van der Waals surface area contributed by atoms with Gasteiger partial charge in [0.15, 0.2) is 0 Å². The van der Waals surface area contributed by atoms with Crippen molar-refractivity contribution in [2.24, 2.45) is 5.73 Å². The van der Waals surface area contributed by atoms with E-state index in [9.17, 15) is 4.79 Å². The van der Waals surface area contributed by atoms with E-state index in [2.05, 4.69) is 14.5 Å². The Morgan fingerprint density at radius 2 is 2.07 bits per heavy atom. The monoisotopic (exact) mass is 205 g/mol. The summed E-state index contributed by atoms with van der Waals surface area (Å²) in [6, 6.07) is 0. The van der Waals surface area contributed by atoms with Crippen LogP contribution >= 0.6 is 0 Å². The molecule has 0 aromatic rings. The van der Waals surface area contributed by atoms with Gasteiger partial charge in [-0.05, 0) is 27.7 Å². The predicted molar refractivity (Wildman–Crippen MR) is 51.5 cm³/mol. The number of ether oxygens (including phenoxy) is 1. The molecule has 0 bridgehead atoms. The lowest BCUT2D eigenvalue weighted by Crippen LogP contribution is -2.27. The molecular formula is C9H19NO4. The fraction of sp³-hybridized carbons (Fsp3) is 0.889. The van der Waals surface area contributed by atoms with E-state index in [-0.39, 0.29) is 0 Å². The molecule has 1 rings (SSSR count). The van der Waals surface area contributed by atoms with Crippen molar-refractivity contribution < 1.29 is 19.3 Å². The van der Waals surface area contributed by atoms with E-state index in [0.29, 0.717) is 6.10 Å². The summed E-state index contributed by atoms with van der Waals surface area (Å²) in [7, 11) is 0. The fourth-order valence-corrected chi connectivity index (χ4v) is 0.728. The minimum absolute atomic E-state index is 0.324. The topological polar surface area (TPSA) is 70.8 Å². The molecule has 0 aromatic carbocycles. The van der Waals surface area contributed by atoms with Gasteiger partial charge in [-0.25, -0.2) is 14.6 Å². The van der Waals surface area contributed by atoms with Crippen LogP contribution in [0.2, 0.25) is 0 Å². The summed E-state index contributed by atoms with van der Waals surface area (Å²) in [6.07, 6.45) is 0.641. The third-order valence-corrected chi connectivity index (χ3v) is 1.25. The van der Waals surface area contributed by atoms with Gasteiger partial charge in [-0.3, -0.25) is 0 Å². The highest BCUT2D eigenvalue weighted by Crippen LogP contribution is 2.05. The van der Waals surface area contributed by atoms with Crippen LogP contribution in [0.4, 0.5) is 4.79 Å². The van der Waals surface area contributed by atoms with Crippen molar-refractivity contribution in [3.63, 3.8) is 0 Å². The highest BCUT2D eigenvalue weighted by atomic mass is 17.2. The van der Waals surface area contributed by atoms with Crippen molar-refractivity contribution in [1.29, 1.82) is 0 Å². The fourth-order valence-electron chi connectivity index (χ4n) is 0.728. The molecular weight excluding hydrogens is 186 g/mol. The van der Waals surface area contributed by atoms with Gasteiger partial charge in [-0.2, -0.15) is 0 Å². The largest absolute Gasteiger partial charge is 0.444 e. The van der Waals surface area contributed by atoms with E-state index in [4.69, 9.17) is 5.73 Å². The SMILES string of the molecule is CC(C)(C)OC(N)=O.CC1CCOO1. The molecule has 2 N–H and O–H groups in total. The Kier molecular flexibility index (Phi) is 5.49. The van der Waals surface area contributed by atoms with Crippen LogP contribution in [-0.4, -0.2) is 24.4 Å². The van der Waals surface area contributed by atoms with E-state index in [1.807, 2.05) is 6.92 Å². The number of carbonyl (C=O) groups excluding carboxylic acids is 1. The van der Waals surface area contributed by atoms with Crippen molar-refractivity contribution in [3.8, 4) is 0 Å². The average Bonchev–Trinajstić information content (AvgIpc) is 2.34. The van der Waals surface area contributed by atoms with Crippen LogP contribution in [0.1, 0.15) is 34.1 Å². The van der Waals surface area contributed by atoms with Crippen molar-refractivity contribution >= 4 is 6.09 Å². The van der Waals surface area contributed by atoms with Crippen LogP contribution in [0.25, 0.3) is 0 Å². The third-order valence-electron chi connectivity index (χ3n) is 1.25. The van der Waals surface area contributed by atoms with Gasteiger partial charge >= 0.3 is 6.09 Å². The molecule has 0 radical (unpaired) electrons. The number of nitrogens with two attached hydrogens (primary N) is 1. The summed E-state index contributed by atoms with van der Waals surface area (Å²) in [5.41, 5.74) is 4.26. The van der Waals surface area contributed by atoms with Crippen LogP contribution in [0.15, 0.2) is 0 Å². The molecule has 0 spiro atoms. The van der Waals surface area contributed by atoms with Crippen LogP contribution in [0, 0.1) is 0 Å². The maximum atomic E-state index is 10.0. The maximum absolute atomic E-state index is 10.0. The lowest BCUT2D eigenvalue weighted by Gasteiger charge is -2.16. The summed E-state index contributed by atoms with van der Waals surface area (Å²) in [4.78, 5) is 19.2. The second-order valence-corrected chi connectivity index (χ2v) is 4.05. The Bertz CT molecular complexity index is 170. The summed E-state index contributed by atoms with van der Waals surface area (Å²) in [5, 5.41) is 0. The molecule has 84 valence electrons. The third kappa shape index (κ3) is 9.28. The highest BCUT2D eigenvalue weighted by Gasteiger charge is 2.12. The Labute approximate surface area is 84.4 Å². The van der Waals surface area contributed by atoms with E-state index in [1.165, 1.54) is 0 Å². The van der Waals surface area contributed by atoms with E-state index in [0.717, 1.165) is 13.0 Å². The molecule has 5 nitrogen and oxygen atoms in total. The van der Waals surface area contributed by atoms with E-state index in [1.54, 1.807) is 20.8 Å². The molecule has 1 atom stereocenters. The summed E-state index contributed by atoms with van der Waals surface area (Å²) >= 11 is 0. The molecule has 0 aromatic heterocycles. The zero-order chi connectivity index (χ0) is 11.2. The molecule has 1 heterocycles. The van der Waals surface area contributed by atoms with E-state index >= 15 is 0 Å². The van der Waals surface area contributed by atoms with Crippen LogP contribution in [0.5, 0.6) is 0 Å². The maximum Gasteiger partial charge on any atom is 0.405 e. The number of carbonyl (C=O) groups is 1. The van der Waals surface area contributed by atoms with Crippen molar-refractivity contribution in [2.45, 2.75) is 45.8 Å². The molecule has 1 aliphatic heterocycles. The van der Waals surface area contributed by atoms with Crippen LogP contribution < -0.4 is 5.73 Å². The standard InChI is InChI=1S/C5H11NO2.C4H8O2/c1-5(2,3)8-4(6)7;1-4-2-3-5-6-4/h1-3H3,(H2,6,7);4H,2-3H2,1H3. The zero-order valence-corrected chi connectivity index (χ0v) is 9.20. The van der Waals surface area contributed by atoms with Gasteiger partial charge in [-0.15, -0.1) is 0 Å². The lowest BCUT2D eigenvalue weighted by atomic mass is 10.2. The van der Waals surface area contributed by atoms with E-state index < -0.39 is 11.7 Å². The van der Waals surface area contributed by atoms with Crippen molar-refractivity contribution in [2.75, 3.05) is 6.61 Å². The minimum atomic E-state index is -0.725. The van der Waals surface area contributed by atoms with Crippen LogP contribution in [-0.2, 0) is 14.5 Å². The number of rotatable bonds is 0. The van der Waals surface area contributed by atoms with Crippen molar-refractivity contribution in [1.82, 2.24) is 0 Å². The molecule has 1 amide bonds. The Balaban J connectivity index is 0.000000249. The highest BCUT2D eigenvalue weighted by molar-refractivity contribution is 5.65. The first-order valence-electron chi connectivity index (χ1n) is 4.58. The summed E-state index contributed by atoms with van der Waals surface area (Å²) in [6.45, 7) is 8.04. The predicted octanol–water partition coefficient (Wildman–Crippen LogP) is 1.61. The van der Waals surface area contributed by atoms with Gasteiger partial charge in [-0.1, -0.05) is 0 Å². The molecule has 14 heavy (non-hydrogen) atoms. The Morgan fingerprint density at radius 3 is 2.14 bits per heavy atom. The summed E-state index contributed by atoms with van der Waals surface area (Å²) < 4.78 is 4.58. The van der Waals surface area contributed by atoms with Crippen molar-refractivity contribution in [3.05, 3.63) is 0 Å². The average molecular weight is 205 g/mol. The number of primary amides is 1. The quantitative estimate of drug-likeness (QED) is 0.610. The van der Waals surface area contributed by atoms with Gasteiger partial charge in [0.05, 0.1) is 12.7 Å². The molecule has 1 aliphatic rings. The van der Waals surface area contributed by atoms with Gasteiger partial charge in [0.1, 0.15) is 5.60 Å². The second kappa shape index (κ2) is 5.82. The molecule has 1 unspecified atom stereocenters. The summed E-state index contributed by atoms with van der Waals surface area (Å²) in [5.74, 6) is 0. The number of hydrogen-bond donors (Lipinski definition) is 1. The molecule has 0 saturated carbocycles. The normalized spacial score (nSPS) is 21.0. The molecule has 1 fully saturated rings. The van der Waals surface area contributed by atoms with Gasteiger partial charge in [0, 0.05) is 6.42 Å². The lowest BCUT2D eigenvalue weighted by molar-refractivity contribution is -0.270. The Morgan fingerprint density at radius 1 is 1.50 bits per heavy atom. The number of hydrogen-bond acceptors (Lipinski definition) is 4. The Hall–Kier alpha value is -0.810. The van der Waals surface area contributed by atoms with Crippen LogP contribution in [0.3, 0.4) is 0 Å². The molecule has 1 saturated heterocycles. The van der Waals surface area contributed by atoms with Gasteiger partial charge in [0.25, 0.3) is 0 Å². The first kappa shape index (κ1) is 13.2. The first-order valence-corrected chi connectivity index (χ1v) is 4.58. The van der Waals surface area contributed by atoms with Gasteiger partial charge < -0.3 is 10.5 Å². The smallest absolute Gasteiger partial charge is 0.405 e. The molecule has 0 aliphatic carbocycles. The van der Waals surface area contributed by atoms with Gasteiger partial charge in [0.2, 0.25) is 0 Å². The zero-order valence-electron chi connectivity index (χ0n) is 9.20.